The van der Waals surface area contributed by atoms with E-state index in [2.05, 4.69) is 0 Å². The molecule has 4 nitrogen and oxygen atoms in total. The van der Waals surface area contributed by atoms with Gasteiger partial charge in [0.05, 0.1) is 5.02 Å². The zero-order chi connectivity index (χ0) is 18.5. The third-order valence-corrected chi connectivity index (χ3v) is 4.52. The molecule has 0 spiro atoms. The second-order valence-electron chi connectivity index (χ2n) is 5.86. The van der Waals surface area contributed by atoms with Crippen molar-refractivity contribution in [1.29, 1.82) is 0 Å². The Kier molecular flexibility index (Phi) is 5.68. The minimum Gasteiger partial charge on any atom is -0.452 e. The Morgan fingerprint density at radius 1 is 1.12 bits per heavy atom. The molecule has 0 N–H and O–H groups in total. The fourth-order valence-electron chi connectivity index (χ4n) is 2.79. The molecular formula is C20H17ClFNO3. The van der Waals surface area contributed by atoms with Crippen molar-refractivity contribution >= 4 is 29.1 Å². The fraction of sp³-hybridized carbons (Fsp3) is 0.200. The minimum atomic E-state index is -0.945. The molecule has 0 atom stereocenters. The van der Waals surface area contributed by atoms with E-state index in [4.69, 9.17) is 16.3 Å². The van der Waals surface area contributed by atoms with Gasteiger partial charge in [-0.15, -0.1) is 0 Å². The van der Waals surface area contributed by atoms with E-state index in [-0.39, 0.29) is 16.5 Å². The van der Waals surface area contributed by atoms with Crippen LogP contribution in [-0.4, -0.2) is 36.5 Å². The predicted octanol–water partition coefficient (Wildman–Crippen LogP) is 3.95. The van der Waals surface area contributed by atoms with E-state index in [1.807, 2.05) is 36.4 Å². The van der Waals surface area contributed by atoms with E-state index in [1.54, 1.807) is 4.90 Å². The lowest BCUT2D eigenvalue weighted by Crippen LogP contribution is -2.37. The first-order valence-corrected chi connectivity index (χ1v) is 8.57. The Bertz CT molecular complexity index is 831. The van der Waals surface area contributed by atoms with Crippen LogP contribution in [0, 0.1) is 5.82 Å². The number of ether oxygens (including phenoxy) is 1. The smallest absolute Gasteiger partial charge is 0.343 e. The Balaban J connectivity index is 1.56. The van der Waals surface area contributed by atoms with Gasteiger partial charge in [0.1, 0.15) is 11.4 Å². The summed E-state index contributed by atoms with van der Waals surface area (Å²) in [5.41, 5.74) is 1.97. The van der Waals surface area contributed by atoms with E-state index in [1.165, 1.54) is 17.7 Å². The molecule has 2 aromatic carbocycles. The van der Waals surface area contributed by atoms with Gasteiger partial charge in [-0.25, -0.2) is 9.18 Å². The van der Waals surface area contributed by atoms with Crippen molar-refractivity contribution in [2.45, 2.75) is 6.42 Å². The molecule has 1 aliphatic heterocycles. The number of nitrogens with zero attached hydrogens (tertiary/aromatic N) is 1. The molecule has 0 radical (unpaired) electrons. The summed E-state index contributed by atoms with van der Waals surface area (Å²) in [4.78, 5) is 25.8. The van der Waals surface area contributed by atoms with Gasteiger partial charge in [0.2, 0.25) is 0 Å². The molecule has 26 heavy (non-hydrogen) atoms. The number of hydrogen-bond donors (Lipinski definition) is 0. The standard InChI is InChI=1S/C20H17ClFNO3/c21-16-7-4-8-17(22)19(16)20(25)26-13-18(24)23-11-9-15(10-12-23)14-5-2-1-3-6-14/h1-9H,10-13H2. The molecule has 0 bridgehead atoms. The predicted molar refractivity (Wildman–Crippen MR) is 97.3 cm³/mol. The van der Waals surface area contributed by atoms with Gasteiger partial charge in [-0.2, -0.15) is 0 Å². The summed E-state index contributed by atoms with van der Waals surface area (Å²) < 4.78 is 18.6. The van der Waals surface area contributed by atoms with Crippen LogP contribution in [0.15, 0.2) is 54.6 Å². The summed E-state index contributed by atoms with van der Waals surface area (Å²) in [6, 6.07) is 13.9. The summed E-state index contributed by atoms with van der Waals surface area (Å²) in [5.74, 6) is -2.04. The maximum atomic E-state index is 13.7. The summed E-state index contributed by atoms with van der Waals surface area (Å²) >= 11 is 5.82. The molecule has 0 unspecified atom stereocenters. The normalized spacial score (nSPS) is 13.9. The average molecular weight is 374 g/mol. The monoisotopic (exact) mass is 373 g/mol. The molecule has 0 saturated heterocycles. The average Bonchev–Trinajstić information content (AvgIpc) is 2.67. The zero-order valence-electron chi connectivity index (χ0n) is 14.0. The Hall–Kier alpha value is -2.66. The van der Waals surface area contributed by atoms with Gasteiger partial charge >= 0.3 is 5.97 Å². The Morgan fingerprint density at radius 2 is 1.88 bits per heavy atom. The van der Waals surface area contributed by atoms with Crippen LogP contribution in [0.2, 0.25) is 5.02 Å². The van der Waals surface area contributed by atoms with Gasteiger partial charge in [-0.05, 0) is 29.7 Å². The van der Waals surface area contributed by atoms with Crippen LogP contribution >= 0.6 is 11.6 Å². The highest BCUT2D eigenvalue weighted by atomic mass is 35.5. The van der Waals surface area contributed by atoms with Crippen LogP contribution < -0.4 is 0 Å². The summed E-state index contributed by atoms with van der Waals surface area (Å²) in [6.45, 7) is 0.538. The molecule has 0 saturated carbocycles. The van der Waals surface area contributed by atoms with Crippen molar-refractivity contribution in [3.63, 3.8) is 0 Å². The van der Waals surface area contributed by atoms with E-state index < -0.39 is 18.4 Å². The number of hydrogen-bond acceptors (Lipinski definition) is 3. The number of benzene rings is 2. The summed E-state index contributed by atoms with van der Waals surface area (Å²) in [5, 5.41) is -0.0455. The molecule has 2 aromatic rings. The van der Waals surface area contributed by atoms with Crippen LogP contribution in [0.1, 0.15) is 22.3 Å². The lowest BCUT2D eigenvalue weighted by Gasteiger charge is -2.26. The lowest BCUT2D eigenvalue weighted by atomic mass is 10.00. The number of rotatable bonds is 4. The first-order valence-electron chi connectivity index (χ1n) is 8.19. The van der Waals surface area contributed by atoms with Crippen molar-refractivity contribution < 1.29 is 18.7 Å². The third-order valence-electron chi connectivity index (χ3n) is 4.20. The third kappa shape index (κ3) is 4.11. The Morgan fingerprint density at radius 3 is 2.54 bits per heavy atom. The SMILES string of the molecule is O=C(OCC(=O)N1CC=C(c2ccccc2)CC1)c1c(F)cccc1Cl. The van der Waals surface area contributed by atoms with Gasteiger partial charge in [0.25, 0.3) is 5.91 Å². The van der Waals surface area contributed by atoms with Gasteiger partial charge in [0.15, 0.2) is 6.61 Å². The maximum absolute atomic E-state index is 13.7. The van der Waals surface area contributed by atoms with Crippen molar-refractivity contribution in [2.75, 3.05) is 19.7 Å². The van der Waals surface area contributed by atoms with Crippen LogP contribution in [-0.2, 0) is 9.53 Å². The van der Waals surface area contributed by atoms with E-state index in [0.717, 1.165) is 18.1 Å². The number of esters is 1. The maximum Gasteiger partial charge on any atom is 0.343 e. The van der Waals surface area contributed by atoms with Gasteiger partial charge < -0.3 is 9.64 Å². The second-order valence-corrected chi connectivity index (χ2v) is 6.27. The number of halogens is 2. The number of amides is 1. The molecule has 6 heteroatoms. The Labute approximate surface area is 155 Å². The molecule has 0 fully saturated rings. The molecule has 1 amide bonds. The van der Waals surface area contributed by atoms with Gasteiger partial charge in [-0.1, -0.05) is 54.1 Å². The molecule has 0 aliphatic carbocycles. The van der Waals surface area contributed by atoms with Gasteiger partial charge in [0, 0.05) is 13.1 Å². The molecule has 3 rings (SSSR count). The van der Waals surface area contributed by atoms with Crippen LogP contribution in [0.4, 0.5) is 4.39 Å². The van der Waals surface area contributed by atoms with E-state index in [0.29, 0.717) is 13.1 Å². The van der Waals surface area contributed by atoms with Crippen molar-refractivity contribution in [1.82, 2.24) is 4.90 Å². The quantitative estimate of drug-likeness (QED) is 0.762. The highest BCUT2D eigenvalue weighted by Crippen LogP contribution is 2.22. The number of carbonyl (C=O) groups excluding carboxylic acids is 2. The second kappa shape index (κ2) is 8.15. The lowest BCUT2D eigenvalue weighted by molar-refractivity contribution is -0.134. The van der Waals surface area contributed by atoms with Crippen LogP contribution in [0.5, 0.6) is 0 Å². The molecular weight excluding hydrogens is 357 g/mol. The minimum absolute atomic E-state index is 0.0455. The van der Waals surface area contributed by atoms with Crippen LogP contribution in [0.3, 0.4) is 0 Å². The largest absolute Gasteiger partial charge is 0.452 e. The highest BCUT2D eigenvalue weighted by molar-refractivity contribution is 6.33. The van der Waals surface area contributed by atoms with Crippen molar-refractivity contribution in [3.8, 4) is 0 Å². The number of carbonyl (C=O) groups is 2. The summed E-state index contributed by atoms with van der Waals surface area (Å²) in [6.07, 6.45) is 2.72. The zero-order valence-corrected chi connectivity index (χ0v) is 14.7. The molecule has 134 valence electrons. The summed E-state index contributed by atoms with van der Waals surface area (Å²) in [7, 11) is 0. The topological polar surface area (TPSA) is 46.6 Å². The van der Waals surface area contributed by atoms with E-state index >= 15 is 0 Å². The fourth-order valence-corrected chi connectivity index (χ4v) is 3.03. The van der Waals surface area contributed by atoms with Crippen molar-refractivity contribution in [3.05, 3.63) is 76.6 Å². The highest BCUT2D eigenvalue weighted by Gasteiger charge is 2.22. The first-order chi connectivity index (χ1) is 12.6. The molecule has 1 heterocycles. The molecule has 0 aromatic heterocycles. The van der Waals surface area contributed by atoms with Crippen molar-refractivity contribution in [2.24, 2.45) is 0 Å². The first kappa shape index (κ1) is 18.1. The van der Waals surface area contributed by atoms with E-state index in [9.17, 15) is 14.0 Å². The molecule has 1 aliphatic rings. The van der Waals surface area contributed by atoms with Crippen LogP contribution in [0.25, 0.3) is 5.57 Å². The van der Waals surface area contributed by atoms with Gasteiger partial charge in [-0.3, -0.25) is 4.79 Å².